The van der Waals surface area contributed by atoms with Crippen LogP contribution in [0.25, 0.3) is 0 Å². The largest absolute Gasteiger partial charge is 0.470 e. The summed E-state index contributed by atoms with van der Waals surface area (Å²) in [5.74, 6) is 0. The Morgan fingerprint density at radius 3 is 1.29 bits per heavy atom. The summed E-state index contributed by atoms with van der Waals surface area (Å²) in [4.78, 5) is 19.6. The van der Waals surface area contributed by atoms with E-state index in [4.69, 9.17) is 4.52 Å². The highest BCUT2D eigenvalue weighted by Gasteiger charge is 2.40. The molecule has 0 saturated heterocycles. The summed E-state index contributed by atoms with van der Waals surface area (Å²) in [5, 5.41) is 0. The lowest BCUT2D eigenvalue weighted by Gasteiger charge is -2.35. The number of benzene rings is 2. The van der Waals surface area contributed by atoms with Crippen LogP contribution in [0.2, 0.25) is 0 Å². The molecule has 35 heavy (non-hydrogen) atoms. The molecular weight excluding hydrogens is 455 g/mol. The van der Waals surface area contributed by atoms with Gasteiger partial charge >= 0.3 is 7.82 Å². The second kappa shape index (κ2) is 17.1. The Labute approximate surface area is 213 Å². The zero-order valence-corrected chi connectivity index (χ0v) is 22.6. The average molecular weight is 503 g/mol. The Balaban J connectivity index is 1.76. The summed E-state index contributed by atoms with van der Waals surface area (Å²) < 4.78 is 17.6. The molecule has 0 atom stereocenters. The molecule has 2 rings (SSSR count). The third-order valence-corrected chi connectivity index (χ3v) is 7.44. The van der Waals surface area contributed by atoms with Crippen LogP contribution in [0.5, 0.6) is 0 Å². The van der Waals surface area contributed by atoms with Crippen LogP contribution in [0, 0.1) is 0 Å². The Kier molecular flexibility index (Phi) is 14.5. The van der Waals surface area contributed by atoms with Crippen molar-refractivity contribution in [2.24, 2.45) is 0 Å². The van der Waals surface area contributed by atoms with Gasteiger partial charge in [-0.05, 0) is 24.0 Å². The molecule has 196 valence electrons. The predicted molar refractivity (Wildman–Crippen MR) is 146 cm³/mol. The summed E-state index contributed by atoms with van der Waals surface area (Å²) in [5.41, 5.74) is 0.401. The molecule has 0 aliphatic rings. The van der Waals surface area contributed by atoms with Crippen LogP contribution in [-0.2, 0) is 14.7 Å². The van der Waals surface area contributed by atoms with Crippen LogP contribution < -0.4 is 0 Å². The molecule has 4 nitrogen and oxygen atoms in total. The number of phosphoric ester groups is 1. The van der Waals surface area contributed by atoms with Crippen molar-refractivity contribution in [3.63, 3.8) is 0 Å². The first-order valence-corrected chi connectivity index (χ1v) is 15.4. The maximum absolute atomic E-state index is 12.0. The smallest absolute Gasteiger partial charge is 0.303 e. The topological polar surface area (TPSA) is 66.8 Å². The molecule has 0 radical (unpaired) electrons. The number of hydrogen-bond donors (Lipinski definition) is 2. The van der Waals surface area contributed by atoms with Crippen molar-refractivity contribution in [2.75, 3.05) is 0 Å². The zero-order valence-electron chi connectivity index (χ0n) is 21.7. The van der Waals surface area contributed by atoms with E-state index in [1.165, 1.54) is 77.0 Å². The van der Waals surface area contributed by atoms with Gasteiger partial charge < -0.3 is 9.79 Å². The molecule has 0 fully saturated rings. The lowest BCUT2D eigenvalue weighted by molar-refractivity contribution is 0.0551. The minimum atomic E-state index is -4.71. The zero-order chi connectivity index (χ0) is 25.2. The highest BCUT2D eigenvalue weighted by Crippen LogP contribution is 2.51. The molecule has 2 aromatic rings. The van der Waals surface area contributed by atoms with Crippen molar-refractivity contribution in [3.8, 4) is 0 Å². The quantitative estimate of drug-likeness (QED) is 0.140. The van der Waals surface area contributed by atoms with Crippen LogP contribution in [0.3, 0.4) is 0 Å². The van der Waals surface area contributed by atoms with Gasteiger partial charge in [-0.1, -0.05) is 157 Å². The van der Waals surface area contributed by atoms with Gasteiger partial charge in [0.15, 0.2) is 0 Å². The fourth-order valence-corrected chi connectivity index (χ4v) is 5.68. The maximum Gasteiger partial charge on any atom is 0.470 e. The van der Waals surface area contributed by atoms with E-state index in [1.807, 2.05) is 60.7 Å². The second-order valence-electron chi connectivity index (χ2n) is 9.84. The van der Waals surface area contributed by atoms with Crippen molar-refractivity contribution in [1.29, 1.82) is 0 Å². The van der Waals surface area contributed by atoms with E-state index in [2.05, 4.69) is 6.92 Å². The Bertz CT molecular complexity index is 779. The molecule has 5 heteroatoms. The minimum absolute atomic E-state index is 0.532. The standard InChI is InChI=1S/C30H47O4P/c1-2-3-4-5-6-7-8-9-10-11-12-13-14-15-22-27-30(34-35(31,32)33,28-23-18-16-19-24-28)29-25-20-17-21-26-29/h16-21,23-26H,2-15,22,27H2,1H3,(H2,31,32,33). The third kappa shape index (κ3) is 11.9. The van der Waals surface area contributed by atoms with Gasteiger partial charge in [0.05, 0.1) is 0 Å². The molecule has 0 bridgehead atoms. The van der Waals surface area contributed by atoms with E-state index in [-0.39, 0.29) is 0 Å². The molecule has 2 N–H and O–H groups in total. The molecule has 0 saturated carbocycles. The summed E-state index contributed by atoms with van der Waals surface area (Å²) >= 11 is 0. The van der Waals surface area contributed by atoms with E-state index >= 15 is 0 Å². The Hall–Kier alpha value is -1.45. The van der Waals surface area contributed by atoms with Crippen LogP contribution in [-0.4, -0.2) is 9.79 Å². The highest BCUT2D eigenvalue weighted by atomic mass is 31.2. The van der Waals surface area contributed by atoms with E-state index in [9.17, 15) is 14.4 Å². The number of phosphoric acid groups is 1. The summed E-state index contributed by atoms with van der Waals surface area (Å²) in [6.07, 6.45) is 19.8. The molecule has 0 aliphatic carbocycles. The van der Waals surface area contributed by atoms with Crippen molar-refractivity contribution >= 4 is 7.82 Å². The normalized spacial score (nSPS) is 12.2. The van der Waals surface area contributed by atoms with E-state index in [0.29, 0.717) is 6.42 Å². The first kappa shape index (κ1) is 29.8. The highest BCUT2D eigenvalue weighted by molar-refractivity contribution is 7.46. The van der Waals surface area contributed by atoms with Gasteiger partial charge in [-0.15, -0.1) is 0 Å². The first-order chi connectivity index (χ1) is 17.0. The van der Waals surface area contributed by atoms with Crippen molar-refractivity contribution in [2.45, 2.75) is 115 Å². The van der Waals surface area contributed by atoms with Crippen LogP contribution in [0.4, 0.5) is 0 Å². The van der Waals surface area contributed by atoms with Crippen LogP contribution in [0.15, 0.2) is 60.7 Å². The lowest BCUT2D eigenvalue weighted by Crippen LogP contribution is -2.30. The van der Waals surface area contributed by atoms with Crippen molar-refractivity contribution < 1.29 is 18.9 Å². The molecule has 0 aliphatic heterocycles. The third-order valence-electron chi connectivity index (χ3n) is 6.89. The summed E-state index contributed by atoms with van der Waals surface area (Å²) in [6.45, 7) is 2.27. The van der Waals surface area contributed by atoms with Crippen LogP contribution in [0.1, 0.15) is 121 Å². The predicted octanol–water partition coefficient (Wildman–Crippen LogP) is 9.30. The Morgan fingerprint density at radius 1 is 0.600 bits per heavy atom. The average Bonchev–Trinajstić information content (AvgIpc) is 2.86. The fraction of sp³-hybridized carbons (Fsp3) is 0.600. The van der Waals surface area contributed by atoms with Crippen LogP contribution >= 0.6 is 7.82 Å². The molecular formula is C30H47O4P. The minimum Gasteiger partial charge on any atom is -0.303 e. The van der Waals surface area contributed by atoms with Gasteiger partial charge in [0.1, 0.15) is 5.60 Å². The molecule has 0 heterocycles. The SMILES string of the molecule is CCCCCCCCCCCCCCCCCC(OP(=O)(O)O)(c1ccccc1)c1ccccc1. The van der Waals surface area contributed by atoms with Gasteiger partial charge in [-0.25, -0.2) is 4.57 Å². The van der Waals surface area contributed by atoms with Crippen molar-refractivity contribution in [3.05, 3.63) is 71.8 Å². The number of unbranched alkanes of at least 4 members (excludes halogenated alkanes) is 14. The lowest BCUT2D eigenvalue weighted by atomic mass is 9.82. The van der Waals surface area contributed by atoms with E-state index in [0.717, 1.165) is 30.4 Å². The molecule has 0 amide bonds. The van der Waals surface area contributed by atoms with Gasteiger partial charge in [-0.3, -0.25) is 4.52 Å². The van der Waals surface area contributed by atoms with Crippen molar-refractivity contribution in [1.82, 2.24) is 0 Å². The fourth-order valence-electron chi connectivity index (χ4n) is 4.97. The first-order valence-electron chi connectivity index (χ1n) is 13.9. The molecule has 0 spiro atoms. The van der Waals surface area contributed by atoms with Gasteiger partial charge in [0.25, 0.3) is 0 Å². The Morgan fingerprint density at radius 2 is 0.943 bits per heavy atom. The van der Waals surface area contributed by atoms with E-state index in [1.54, 1.807) is 0 Å². The van der Waals surface area contributed by atoms with Gasteiger partial charge in [0, 0.05) is 0 Å². The molecule has 0 unspecified atom stereocenters. The number of hydrogen-bond acceptors (Lipinski definition) is 2. The van der Waals surface area contributed by atoms with Gasteiger partial charge in [-0.2, -0.15) is 0 Å². The summed E-state index contributed by atoms with van der Waals surface area (Å²) in [6, 6.07) is 19.0. The maximum atomic E-state index is 12.0. The monoisotopic (exact) mass is 502 g/mol. The summed E-state index contributed by atoms with van der Waals surface area (Å²) in [7, 11) is -4.71. The second-order valence-corrected chi connectivity index (χ2v) is 11.0. The molecule has 0 aromatic heterocycles. The van der Waals surface area contributed by atoms with E-state index < -0.39 is 13.4 Å². The van der Waals surface area contributed by atoms with Gasteiger partial charge in [0.2, 0.25) is 0 Å². The molecule has 2 aromatic carbocycles. The number of rotatable bonds is 20.